The highest BCUT2D eigenvalue weighted by Gasteiger charge is 2.15. The summed E-state index contributed by atoms with van der Waals surface area (Å²) in [5, 5.41) is 6.03. The molecule has 3 rings (SSSR count). The fourth-order valence-corrected chi connectivity index (χ4v) is 2.65. The Bertz CT molecular complexity index is 687. The van der Waals surface area contributed by atoms with Gasteiger partial charge in [-0.15, -0.1) is 0 Å². The van der Waals surface area contributed by atoms with Crippen LogP contribution < -0.4 is 5.32 Å². The van der Waals surface area contributed by atoms with Crippen LogP contribution in [0, 0.1) is 0 Å². The molecule has 1 atom stereocenters. The highest BCUT2D eigenvalue weighted by Crippen LogP contribution is 2.28. The van der Waals surface area contributed by atoms with E-state index in [1.807, 2.05) is 12.4 Å². The lowest BCUT2D eigenvalue weighted by Crippen LogP contribution is -2.22. The molecule has 100 valence electrons. The zero-order valence-electron chi connectivity index (χ0n) is 11.6. The quantitative estimate of drug-likeness (QED) is 0.770. The third kappa shape index (κ3) is 2.43. The Balaban J connectivity index is 2.15. The molecule has 1 heterocycles. The van der Waals surface area contributed by atoms with Gasteiger partial charge >= 0.3 is 0 Å². The minimum atomic E-state index is 0.203. The molecule has 0 saturated carbocycles. The summed E-state index contributed by atoms with van der Waals surface area (Å²) in [6.07, 6.45) is 3.80. The fourth-order valence-electron chi connectivity index (χ4n) is 2.65. The first-order chi connectivity index (χ1) is 9.90. The van der Waals surface area contributed by atoms with Gasteiger partial charge in [-0.3, -0.25) is 4.98 Å². The molecule has 1 aromatic heterocycles. The fraction of sp³-hybridized carbons (Fsp3) is 0.167. The van der Waals surface area contributed by atoms with Crippen LogP contribution in [-0.2, 0) is 0 Å². The first-order valence-electron chi connectivity index (χ1n) is 7.01. The zero-order valence-corrected chi connectivity index (χ0v) is 11.6. The van der Waals surface area contributed by atoms with Gasteiger partial charge in [0, 0.05) is 17.8 Å². The maximum absolute atomic E-state index is 4.28. The van der Waals surface area contributed by atoms with Gasteiger partial charge in [0.25, 0.3) is 0 Å². The van der Waals surface area contributed by atoms with E-state index in [-0.39, 0.29) is 6.04 Å². The van der Waals surface area contributed by atoms with Crippen molar-refractivity contribution in [3.8, 4) is 0 Å². The molecule has 2 heteroatoms. The molecule has 0 aliphatic rings. The Morgan fingerprint density at radius 2 is 1.85 bits per heavy atom. The van der Waals surface area contributed by atoms with Crippen LogP contribution in [-0.4, -0.2) is 11.5 Å². The van der Waals surface area contributed by atoms with Crippen LogP contribution in [0.3, 0.4) is 0 Å². The SMILES string of the molecule is CCNC(c1ccccc1)c1cccc2ccncc12. The number of benzene rings is 2. The molecular weight excluding hydrogens is 244 g/mol. The van der Waals surface area contributed by atoms with Crippen molar-refractivity contribution in [3.63, 3.8) is 0 Å². The van der Waals surface area contributed by atoms with E-state index in [2.05, 4.69) is 71.8 Å². The predicted octanol–water partition coefficient (Wildman–Crippen LogP) is 3.93. The number of rotatable bonds is 4. The van der Waals surface area contributed by atoms with Crippen LogP contribution in [0.15, 0.2) is 67.0 Å². The molecule has 0 fully saturated rings. The Hall–Kier alpha value is -2.19. The van der Waals surface area contributed by atoms with Gasteiger partial charge in [0.05, 0.1) is 6.04 Å². The number of hydrogen-bond acceptors (Lipinski definition) is 2. The summed E-state index contributed by atoms with van der Waals surface area (Å²) in [5.74, 6) is 0. The van der Waals surface area contributed by atoms with Crippen molar-refractivity contribution in [3.05, 3.63) is 78.1 Å². The van der Waals surface area contributed by atoms with Crippen molar-refractivity contribution in [1.82, 2.24) is 10.3 Å². The molecule has 2 aromatic carbocycles. The Morgan fingerprint density at radius 3 is 2.65 bits per heavy atom. The summed E-state index contributed by atoms with van der Waals surface area (Å²) < 4.78 is 0. The molecule has 20 heavy (non-hydrogen) atoms. The molecule has 0 bridgehead atoms. The lowest BCUT2D eigenvalue weighted by molar-refractivity contribution is 0.634. The number of nitrogens with zero attached hydrogens (tertiary/aromatic N) is 1. The van der Waals surface area contributed by atoms with Crippen LogP contribution in [0.1, 0.15) is 24.1 Å². The summed E-state index contributed by atoms with van der Waals surface area (Å²) in [7, 11) is 0. The number of fused-ring (bicyclic) bond motifs is 1. The summed E-state index contributed by atoms with van der Waals surface area (Å²) >= 11 is 0. The van der Waals surface area contributed by atoms with Crippen LogP contribution >= 0.6 is 0 Å². The van der Waals surface area contributed by atoms with Gasteiger partial charge in [-0.1, -0.05) is 55.5 Å². The van der Waals surface area contributed by atoms with E-state index in [9.17, 15) is 0 Å². The molecule has 0 amide bonds. The van der Waals surface area contributed by atoms with E-state index < -0.39 is 0 Å². The second kappa shape index (κ2) is 5.85. The Kier molecular flexibility index (Phi) is 3.75. The molecule has 0 radical (unpaired) electrons. The predicted molar refractivity (Wildman–Crippen MR) is 83.7 cm³/mol. The standard InChI is InChI=1S/C18H18N2/c1-2-20-18(15-7-4-3-5-8-15)16-10-6-9-14-11-12-19-13-17(14)16/h3-13,18,20H,2H2,1H3. The average Bonchev–Trinajstić information content (AvgIpc) is 2.53. The van der Waals surface area contributed by atoms with Crippen molar-refractivity contribution >= 4 is 10.8 Å². The second-order valence-electron chi connectivity index (χ2n) is 4.85. The van der Waals surface area contributed by atoms with Gasteiger partial charge in [-0.05, 0) is 29.1 Å². The largest absolute Gasteiger partial charge is 0.307 e. The minimum Gasteiger partial charge on any atom is -0.307 e. The molecule has 0 aliphatic heterocycles. The third-order valence-corrected chi connectivity index (χ3v) is 3.57. The van der Waals surface area contributed by atoms with Gasteiger partial charge in [0.1, 0.15) is 0 Å². The van der Waals surface area contributed by atoms with E-state index in [1.165, 1.54) is 21.9 Å². The van der Waals surface area contributed by atoms with Crippen molar-refractivity contribution in [2.24, 2.45) is 0 Å². The van der Waals surface area contributed by atoms with Crippen LogP contribution in [0.5, 0.6) is 0 Å². The molecule has 0 saturated heterocycles. The summed E-state index contributed by atoms with van der Waals surface area (Å²) in [6.45, 7) is 3.07. The van der Waals surface area contributed by atoms with Crippen molar-refractivity contribution in [2.75, 3.05) is 6.54 Å². The van der Waals surface area contributed by atoms with Gasteiger partial charge in [0.15, 0.2) is 0 Å². The smallest absolute Gasteiger partial charge is 0.0583 e. The van der Waals surface area contributed by atoms with Gasteiger partial charge in [0.2, 0.25) is 0 Å². The highest BCUT2D eigenvalue weighted by molar-refractivity contribution is 5.85. The first-order valence-corrected chi connectivity index (χ1v) is 7.01. The average molecular weight is 262 g/mol. The third-order valence-electron chi connectivity index (χ3n) is 3.57. The Morgan fingerprint density at radius 1 is 1.00 bits per heavy atom. The van der Waals surface area contributed by atoms with E-state index >= 15 is 0 Å². The summed E-state index contributed by atoms with van der Waals surface area (Å²) in [6, 6.07) is 19.3. The Labute approximate surface area is 119 Å². The lowest BCUT2D eigenvalue weighted by Gasteiger charge is -2.20. The number of hydrogen-bond donors (Lipinski definition) is 1. The topological polar surface area (TPSA) is 24.9 Å². The van der Waals surface area contributed by atoms with E-state index in [1.54, 1.807) is 0 Å². The van der Waals surface area contributed by atoms with Crippen molar-refractivity contribution in [2.45, 2.75) is 13.0 Å². The van der Waals surface area contributed by atoms with E-state index in [0.29, 0.717) is 0 Å². The molecule has 1 N–H and O–H groups in total. The molecule has 0 aliphatic carbocycles. The van der Waals surface area contributed by atoms with Gasteiger partial charge in [-0.2, -0.15) is 0 Å². The number of aromatic nitrogens is 1. The summed E-state index contributed by atoms with van der Waals surface area (Å²) in [5.41, 5.74) is 2.56. The monoisotopic (exact) mass is 262 g/mol. The van der Waals surface area contributed by atoms with E-state index in [0.717, 1.165) is 6.54 Å². The molecule has 1 unspecified atom stereocenters. The lowest BCUT2D eigenvalue weighted by atomic mass is 9.94. The molecular formula is C18H18N2. The molecule has 2 nitrogen and oxygen atoms in total. The van der Waals surface area contributed by atoms with Gasteiger partial charge in [-0.25, -0.2) is 0 Å². The van der Waals surface area contributed by atoms with E-state index in [4.69, 9.17) is 0 Å². The van der Waals surface area contributed by atoms with Crippen LogP contribution in [0.4, 0.5) is 0 Å². The van der Waals surface area contributed by atoms with Crippen molar-refractivity contribution in [1.29, 1.82) is 0 Å². The first kappa shape index (κ1) is 12.8. The maximum atomic E-state index is 4.28. The summed E-state index contributed by atoms with van der Waals surface area (Å²) in [4.78, 5) is 4.28. The second-order valence-corrected chi connectivity index (χ2v) is 4.85. The molecule has 0 spiro atoms. The van der Waals surface area contributed by atoms with Crippen molar-refractivity contribution < 1.29 is 0 Å². The van der Waals surface area contributed by atoms with Crippen LogP contribution in [0.25, 0.3) is 10.8 Å². The molecule has 3 aromatic rings. The normalized spacial score (nSPS) is 12.4. The maximum Gasteiger partial charge on any atom is 0.0583 e. The van der Waals surface area contributed by atoms with Crippen LogP contribution in [0.2, 0.25) is 0 Å². The minimum absolute atomic E-state index is 0.203. The zero-order chi connectivity index (χ0) is 13.8. The number of nitrogens with one attached hydrogen (secondary N) is 1. The highest BCUT2D eigenvalue weighted by atomic mass is 14.9. The van der Waals surface area contributed by atoms with Gasteiger partial charge < -0.3 is 5.32 Å². The number of pyridine rings is 1.